The smallest absolute Gasteiger partial charge is 0.309 e. The van der Waals surface area contributed by atoms with Crippen LogP contribution in [0.1, 0.15) is 153 Å². The van der Waals surface area contributed by atoms with Gasteiger partial charge in [-0.05, 0) is 96.1 Å². The van der Waals surface area contributed by atoms with E-state index in [0.717, 1.165) is 38.5 Å². The molecule has 2 heterocycles. The Morgan fingerprint density at radius 3 is 2.19 bits per heavy atom. The highest BCUT2D eigenvalue weighted by Gasteiger charge is 2.34. The Kier molecular flexibility index (Phi) is 30.8. The number of anilines is 1. The third-order valence-corrected chi connectivity index (χ3v) is 11.4. The van der Waals surface area contributed by atoms with Crippen molar-refractivity contribution in [3.8, 4) is 0 Å². The molecule has 0 aliphatic carbocycles. The Balaban J connectivity index is 0.00000234. The number of thiazole rings is 1. The molecule has 0 spiro atoms. The van der Waals surface area contributed by atoms with Crippen molar-refractivity contribution in [3.05, 3.63) is 58.3 Å². The molecule has 2 aromatic rings. The van der Waals surface area contributed by atoms with Crippen molar-refractivity contribution in [2.45, 2.75) is 150 Å². The Hall–Kier alpha value is -4.41. The Morgan fingerprint density at radius 2 is 1.71 bits per heavy atom. The van der Waals surface area contributed by atoms with Gasteiger partial charge >= 0.3 is 11.9 Å². The van der Waals surface area contributed by atoms with Crippen LogP contribution >= 0.6 is 11.3 Å². The van der Waals surface area contributed by atoms with Gasteiger partial charge in [-0.15, -0.1) is 17.9 Å². The highest BCUT2D eigenvalue weighted by atomic mass is 32.1. The van der Waals surface area contributed by atoms with Gasteiger partial charge in [-0.2, -0.15) is 0 Å². The Morgan fingerprint density at radius 1 is 1.10 bits per heavy atom. The number of aromatic nitrogens is 1. The molecule has 3 rings (SSSR count). The fraction of sp³-hybridized carbons (Fsp3) is 0.660. The van der Waals surface area contributed by atoms with Crippen LogP contribution in [0.2, 0.25) is 0 Å². The molecule has 1 aromatic heterocycles. The summed E-state index contributed by atoms with van der Waals surface area (Å²) in [5, 5.41) is 17.5. The van der Waals surface area contributed by atoms with Gasteiger partial charge in [0, 0.05) is 57.4 Å². The number of carboxylic acids is 1. The monoisotopic (exact) mass is 906 g/mol. The van der Waals surface area contributed by atoms with Crippen LogP contribution in [0.5, 0.6) is 0 Å². The molecule has 3 unspecified atom stereocenters. The number of amides is 3. The molecule has 16 heteroatoms. The lowest BCUT2D eigenvalue weighted by Crippen LogP contribution is -2.45. The third-order valence-electron chi connectivity index (χ3n) is 10.5. The second kappa shape index (κ2) is 33.1. The summed E-state index contributed by atoms with van der Waals surface area (Å²) in [7, 11) is 3.81. The number of hydrogen-bond acceptors (Lipinski definition) is 11. The minimum Gasteiger partial charge on any atom is -0.481 e. The molecule has 1 saturated heterocycles. The molecular formula is C47H80FN7O7S. The SMILES string of the molecule is C=CCN.CCCCCCN(C(=O)CCCC)C(CC(OC(C)=O)c1nc(C(=O)NC(Cc2ccc(NC)c(F)c2)CC(C)(C)C(=O)O)cs1)C(C)C.CN1CCCCC1.NC=O. The summed E-state index contributed by atoms with van der Waals surface area (Å²) in [4.78, 5) is 68.8. The molecule has 1 aromatic carbocycles. The number of nitrogens with zero attached hydrogens (tertiary/aromatic N) is 3. The van der Waals surface area contributed by atoms with Crippen LogP contribution in [0.15, 0.2) is 36.2 Å². The number of aliphatic carboxylic acids is 1. The van der Waals surface area contributed by atoms with Crippen LogP contribution in [0, 0.1) is 17.2 Å². The number of primary amides is 1. The molecule has 0 saturated carbocycles. The average Bonchev–Trinajstić information content (AvgIpc) is 3.73. The first kappa shape index (κ1) is 58.6. The highest BCUT2D eigenvalue weighted by molar-refractivity contribution is 7.09. The van der Waals surface area contributed by atoms with Crippen LogP contribution in [0.4, 0.5) is 10.1 Å². The number of carbonyl (C=O) groups excluding carboxylic acids is 4. The maximum Gasteiger partial charge on any atom is 0.309 e. The molecule has 14 nitrogen and oxygen atoms in total. The number of rotatable bonds is 23. The second-order valence-electron chi connectivity index (χ2n) is 16.8. The molecule has 1 aliphatic rings. The summed E-state index contributed by atoms with van der Waals surface area (Å²) in [6.07, 6.45) is 12.3. The van der Waals surface area contributed by atoms with Crippen molar-refractivity contribution in [1.29, 1.82) is 0 Å². The van der Waals surface area contributed by atoms with E-state index in [1.807, 2.05) is 4.90 Å². The van der Waals surface area contributed by atoms with E-state index in [-0.39, 0.29) is 42.8 Å². The van der Waals surface area contributed by atoms with Gasteiger partial charge in [0.05, 0.1) is 11.1 Å². The lowest BCUT2D eigenvalue weighted by atomic mass is 9.84. The number of nitrogens with one attached hydrogen (secondary N) is 2. The number of hydrogen-bond donors (Lipinski definition) is 5. The second-order valence-corrected chi connectivity index (χ2v) is 17.7. The average molecular weight is 906 g/mol. The lowest BCUT2D eigenvalue weighted by molar-refractivity contribution is -0.149. The molecule has 3 amide bonds. The summed E-state index contributed by atoms with van der Waals surface area (Å²) in [5.74, 6) is -2.31. The van der Waals surface area contributed by atoms with Crippen molar-refractivity contribution >= 4 is 47.2 Å². The van der Waals surface area contributed by atoms with Crippen molar-refractivity contribution in [2.24, 2.45) is 22.8 Å². The Bertz CT molecular complexity index is 1630. The molecule has 7 N–H and O–H groups in total. The van der Waals surface area contributed by atoms with Crippen LogP contribution in [-0.4, -0.2) is 102 Å². The van der Waals surface area contributed by atoms with E-state index < -0.39 is 41.2 Å². The minimum atomic E-state index is -1.17. The van der Waals surface area contributed by atoms with Crippen molar-refractivity contribution in [3.63, 3.8) is 0 Å². The van der Waals surface area contributed by atoms with Gasteiger partial charge in [0.1, 0.15) is 16.5 Å². The molecule has 358 valence electrons. The van der Waals surface area contributed by atoms with Gasteiger partial charge in [-0.25, -0.2) is 9.37 Å². The standard InChI is InChI=1S/C37H57FN4O6S.C6H13N.C3H7N.CH3NO/c1-9-11-13-14-18-42(33(44)15-12-10-2)31(24(3)4)21-32(48-25(5)43)35-41-30(23-49-35)34(45)40-27(22-37(6,7)36(46)47)19-26-16-17-29(39-8)28(38)20-26;1-7-5-3-2-4-6-7;1-2-3-4;2-1-3/h16-17,20,23-24,27,31-32,39H,9-15,18-19,21-22H2,1-8H3,(H,40,45)(H,46,47);2-6H2,1H3;2H,1,3-4H2;1H,(H2,2,3). The number of esters is 1. The molecule has 63 heavy (non-hydrogen) atoms. The number of unbranched alkanes of at least 4 members (excludes halogenated alkanes) is 4. The third kappa shape index (κ3) is 24.3. The van der Waals surface area contributed by atoms with Gasteiger partial charge in [0.2, 0.25) is 12.3 Å². The summed E-state index contributed by atoms with van der Waals surface area (Å²) in [6.45, 7) is 20.0. The van der Waals surface area contributed by atoms with Gasteiger partial charge in [0.15, 0.2) is 6.10 Å². The van der Waals surface area contributed by atoms with E-state index in [1.54, 1.807) is 44.5 Å². The fourth-order valence-electron chi connectivity index (χ4n) is 6.94. The molecule has 0 radical (unpaired) electrons. The van der Waals surface area contributed by atoms with Crippen LogP contribution in [0.3, 0.4) is 0 Å². The van der Waals surface area contributed by atoms with E-state index in [0.29, 0.717) is 42.2 Å². The maximum atomic E-state index is 14.5. The first-order valence-corrected chi connectivity index (χ1v) is 23.3. The molecule has 3 atom stereocenters. The summed E-state index contributed by atoms with van der Waals surface area (Å²) in [6, 6.07) is 3.84. The summed E-state index contributed by atoms with van der Waals surface area (Å²) < 4.78 is 20.3. The number of nitrogens with two attached hydrogens (primary N) is 2. The first-order chi connectivity index (χ1) is 29.8. The quantitative estimate of drug-likeness (QED) is 0.0311. The zero-order valence-electron chi connectivity index (χ0n) is 39.7. The fourth-order valence-corrected chi connectivity index (χ4v) is 7.78. The zero-order valence-corrected chi connectivity index (χ0v) is 40.5. The number of carboxylic acid groups (broad SMARTS) is 1. The maximum absolute atomic E-state index is 14.5. The summed E-state index contributed by atoms with van der Waals surface area (Å²) in [5.41, 5.74) is 8.94. The van der Waals surface area contributed by atoms with Gasteiger partial charge in [-0.3, -0.25) is 24.0 Å². The normalized spacial score (nSPS) is 13.8. The van der Waals surface area contributed by atoms with E-state index in [9.17, 15) is 28.7 Å². The first-order valence-electron chi connectivity index (χ1n) is 22.4. The summed E-state index contributed by atoms with van der Waals surface area (Å²) >= 11 is 1.19. The largest absolute Gasteiger partial charge is 0.481 e. The minimum absolute atomic E-state index is 0.0721. The van der Waals surface area contributed by atoms with Crippen molar-refractivity contribution in [1.82, 2.24) is 20.1 Å². The lowest BCUT2D eigenvalue weighted by Gasteiger charge is -2.36. The van der Waals surface area contributed by atoms with E-state index in [2.05, 4.69) is 67.6 Å². The highest BCUT2D eigenvalue weighted by Crippen LogP contribution is 2.32. The van der Waals surface area contributed by atoms with E-state index >= 15 is 0 Å². The van der Waals surface area contributed by atoms with Gasteiger partial charge in [-0.1, -0.05) is 71.9 Å². The molecule has 0 bridgehead atoms. The van der Waals surface area contributed by atoms with Crippen LogP contribution < -0.4 is 22.1 Å². The molecular weight excluding hydrogens is 826 g/mol. The number of ether oxygens (including phenoxy) is 1. The van der Waals surface area contributed by atoms with Crippen LogP contribution in [0.25, 0.3) is 0 Å². The molecule has 1 aliphatic heterocycles. The number of halogens is 1. The van der Waals surface area contributed by atoms with Crippen LogP contribution in [-0.2, 0) is 30.3 Å². The van der Waals surface area contributed by atoms with E-state index in [1.165, 1.54) is 56.7 Å². The Labute approximate surface area is 381 Å². The van der Waals surface area contributed by atoms with Gasteiger partial charge in [0.25, 0.3) is 5.91 Å². The number of carbonyl (C=O) groups is 5. The number of benzene rings is 1. The van der Waals surface area contributed by atoms with E-state index in [4.69, 9.17) is 15.3 Å². The zero-order chi connectivity index (χ0) is 48.0. The predicted octanol–water partition coefficient (Wildman–Crippen LogP) is 8.12. The van der Waals surface area contributed by atoms with Crippen molar-refractivity contribution in [2.75, 3.05) is 45.6 Å². The number of likely N-dealkylation sites (tertiary alicyclic amines) is 1. The van der Waals surface area contributed by atoms with Crippen molar-refractivity contribution < 1.29 is 38.2 Å². The topological polar surface area (TPSA) is 210 Å². The molecule has 1 fully saturated rings. The predicted molar refractivity (Wildman–Crippen MR) is 253 cm³/mol. The number of piperidine rings is 1. The van der Waals surface area contributed by atoms with Gasteiger partial charge < -0.3 is 41.7 Å².